The van der Waals surface area contributed by atoms with E-state index in [0.717, 1.165) is 0 Å². The largest absolute Gasteiger partial charge is 0.333 e. The SMILES string of the molecule is CC(C)c1nccs1.CN. The zero-order valence-corrected chi connectivity index (χ0v) is 7.48. The molecule has 0 aliphatic carbocycles. The molecule has 0 spiro atoms. The lowest BCUT2D eigenvalue weighted by Gasteiger charge is -1.93. The van der Waals surface area contributed by atoms with Crippen LogP contribution in [0.3, 0.4) is 0 Å². The Bertz CT molecular complexity index is 147. The average molecular weight is 158 g/mol. The molecule has 0 atom stereocenters. The number of rotatable bonds is 1. The van der Waals surface area contributed by atoms with E-state index in [1.165, 1.54) is 12.1 Å². The number of nitrogens with two attached hydrogens (primary N) is 1. The van der Waals surface area contributed by atoms with Crippen LogP contribution in [0.5, 0.6) is 0 Å². The summed E-state index contributed by atoms with van der Waals surface area (Å²) in [7, 11) is 1.50. The molecule has 1 heterocycles. The number of thiazole rings is 1. The van der Waals surface area contributed by atoms with Crippen LogP contribution in [0.4, 0.5) is 0 Å². The maximum atomic E-state index is 4.50. The summed E-state index contributed by atoms with van der Waals surface area (Å²) in [5.41, 5.74) is 4.50. The standard InChI is InChI=1S/C6H9NS.CH5N/c1-5(2)6-7-3-4-8-6;1-2/h3-5H,1-2H3;2H2,1H3. The Kier molecular flexibility index (Phi) is 5.16. The van der Waals surface area contributed by atoms with Gasteiger partial charge in [0.1, 0.15) is 0 Å². The fraction of sp³-hybridized carbons (Fsp3) is 0.571. The second kappa shape index (κ2) is 5.38. The van der Waals surface area contributed by atoms with Gasteiger partial charge in [-0.25, -0.2) is 4.98 Å². The minimum atomic E-state index is 0.593. The lowest BCUT2D eigenvalue weighted by atomic mass is 10.2. The van der Waals surface area contributed by atoms with Crippen LogP contribution in [0.2, 0.25) is 0 Å². The maximum absolute atomic E-state index is 4.50. The van der Waals surface area contributed by atoms with E-state index in [-0.39, 0.29) is 0 Å². The van der Waals surface area contributed by atoms with Gasteiger partial charge in [-0.3, -0.25) is 0 Å². The molecule has 58 valence electrons. The monoisotopic (exact) mass is 158 g/mol. The van der Waals surface area contributed by atoms with Crippen molar-refractivity contribution in [2.75, 3.05) is 7.05 Å². The molecule has 0 radical (unpaired) electrons. The van der Waals surface area contributed by atoms with E-state index in [9.17, 15) is 0 Å². The lowest BCUT2D eigenvalue weighted by molar-refractivity contribution is 0.852. The molecule has 0 fully saturated rings. The van der Waals surface area contributed by atoms with Crippen molar-refractivity contribution < 1.29 is 0 Å². The fourth-order valence-corrected chi connectivity index (χ4v) is 1.17. The van der Waals surface area contributed by atoms with E-state index >= 15 is 0 Å². The van der Waals surface area contributed by atoms with Gasteiger partial charge < -0.3 is 5.73 Å². The van der Waals surface area contributed by atoms with Crippen LogP contribution in [-0.2, 0) is 0 Å². The highest BCUT2D eigenvalue weighted by atomic mass is 32.1. The van der Waals surface area contributed by atoms with Gasteiger partial charge in [-0.05, 0) is 7.05 Å². The van der Waals surface area contributed by atoms with Crippen LogP contribution in [0, 0.1) is 0 Å². The Morgan fingerprint density at radius 2 is 2.10 bits per heavy atom. The van der Waals surface area contributed by atoms with Crippen LogP contribution >= 0.6 is 11.3 Å². The molecule has 0 saturated heterocycles. The summed E-state index contributed by atoms with van der Waals surface area (Å²) in [4.78, 5) is 4.13. The summed E-state index contributed by atoms with van der Waals surface area (Å²) in [5, 5.41) is 3.24. The van der Waals surface area contributed by atoms with Crippen LogP contribution in [0.25, 0.3) is 0 Å². The molecule has 0 unspecified atom stereocenters. The van der Waals surface area contributed by atoms with Crippen molar-refractivity contribution in [1.82, 2.24) is 4.98 Å². The van der Waals surface area contributed by atoms with Gasteiger partial charge in [0, 0.05) is 17.5 Å². The third-order valence-electron chi connectivity index (χ3n) is 0.945. The summed E-state index contributed by atoms with van der Waals surface area (Å²) in [6.45, 7) is 4.30. The van der Waals surface area contributed by atoms with Crippen molar-refractivity contribution in [3.63, 3.8) is 0 Å². The summed E-state index contributed by atoms with van der Waals surface area (Å²) < 4.78 is 0. The molecule has 0 aliphatic rings. The number of aromatic nitrogens is 1. The van der Waals surface area contributed by atoms with Crippen molar-refractivity contribution in [2.24, 2.45) is 5.73 Å². The quantitative estimate of drug-likeness (QED) is 0.677. The van der Waals surface area contributed by atoms with Gasteiger partial charge in [-0.2, -0.15) is 0 Å². The zero-order valence-electron chi connectivity index (χ0n) is 6.66. The molecule has 0 saturated carbocycles. The highest BCUT2D eigenvalue weighted by Crippen LogP contribution is 2.15. The van der Waals surface area contributed by atoms with Crippen molar-refractivity contribution in [1.29, 1.82) is 0 Å². The number of nitrogens with zero attached hydrogens (tertiary/aromatic N) is 1. The summed E-state index contributed by atoms with van der Waals surface area (Å²) in [5.74, 6) is 0.593. The third kappa shape index (κ3) is 2.94. The Labute approximate surface area is 66.1 Å². The molecule has 2 N–H and O–H groups in total. The molecule has 2 nitrogen and oxygen atoms in total. The Balaban J connectivity index is 0.000000371. The molecule has 0 bridgehead atoms. The van der Waals surface area contributed by atoms with Crippen molar-refractivity contribution >= 4 is 11.3 Å². The second-order valence-corrected chi connectivity index (χ2v) is 2.95. The molecule has 1 rings (SSSR count). The maximum Gasteiger partial charge on any atom is 0.0950 e. The average Bonchev–Trinajstić information content (AvgIpc) is 2.42. The summed E-state index contributed by atoms with van der Waals surface area (Å²) >= 11 is 1.72. The van der Waals surface area contributed by atoms with Crippen molar-refractivity contribution in [3.8, 4) is 0 Å². The highest BCUT2D eigenvalue weighted by molar-refractivity contribution is 7.09. The Morgan fingerprint density at radius 3 is 2.30 bits per heavy atom. The van der Waals surface area contributed by atoms with Crippen LogP contribution < -0.4 is 5.73 Å². The molecule has 0 aromatic carbocycles. The van der Waals surface area contributed by atoms with Gasteiger partial charge in [-0.1, -0.05) is 13.8 Å². The van der Waals surface area contributed by atoms with Crippen LogP contribution in [-0.4, -0.2) is 12.0 Å². The first-order valence-corrected chi connectivity index (χ1v) is 4.16. The molecular formula is C7H14N2S. The Hall–Kier alpha value is -0.410. The minimum Gasteiger partial charge on any atom is -0.333 e. The summed E-state index contributed by atoms with van der Waals surface area (Å²) in [6.07, 6.45) is 1.85. The van der Waals surface area contributed by atoms with Gasteiger partial charge >= 0.3 is 0 Å². The summed E-state index contributed by atoms with van der Waals surface area (Å²) in [6, 6.07) is 0. The lowest BCUT2D eigenvalue weighted by Crippen LogP contribution is -1.81. The normalized spacial score (nSPS) is 8.90. The molecule has 10 heavy (non-hydrogen) atoms. The topological polar surface area (TPSA) is 38.9 Å². The number of hydrogen-bond donors (Lipinski definition) is 1. The molecule has 1 aromatic heterocycles. The van der Waals surface area contributed by atoms with E-state index < -0.39 is 0 Å². The van der Waals surface area contributed by atoms with Gasteiger partial charge in [0.05, 0.1) is 5.01 Å². The zero-order chi connectivity index (χ0) is 7.98. The third-order valence-corrected chi connectivity index (χ3v) is 2.02. The molecule has 1 aromatic rings. The van der Waals surface area contributed by atoms with Gasteiger partial charge in [-0.15, -0.1) is 11.3 Å². The predicted octanol–water partition coefficient (Wildman–Crippen LogP) is 1.84. The minimum absolute atomic E-state index is 0.593. The van der Waals surface area contributed by atoms with E-state index in [1.54, 1.807) is 11.3 Å². The van der Waals surface area contributed by atoms with Crippen LogP contribution in [0.15, 0.2) is 11.6 Å². The first-order chi connectivity index (χ1) is 4.80. The van der Waals surface area contributed by atoms with Crippen LogP contribution in [0.1, 0.15) is 24.8 Å². The second-order valence-electron chi connectivity index (χ2n) is 2.03. The van der Waals surface area contributed by atoms with E-state index in [4.69, 9.17) is 0 Å². The van der Waals surface area contributed by atoms with Gasteiger partial charge in [0.2, 0.25) is 0 Å². The molecular weight excluding hydrogens is 144 g/mol. The van der Waals surface area contributed by atoms with E-state index in [1.807, 2.05) is 11.6 Å². The molecule has 3 heteroatoms. The van der Waals surface area contributed by atoms with Crippen molar-refractivity contribution in [2.45, 2.75) is 19.8 Å². The van der Waals surface area contributed by atoms with E-state index in [0.29, 0.717) is 5.92 Å². The van der Waals surface area contributed by atoms with Gasteiger partial charge in [0.25, 0.3) is 0 Å². The van der Waals surface area contributed by atoms with E-state index in [2.05, 4.69) is 24.6 Å². The smallest absolute Gasteiger partial charge is 0.0950 e. The van der Waals surface area contributed by atoms with Crippen molar-refractivity contribution in [3.05, 3.63) is 16.6 Å². The fourth-order valence-electron chi connectivity index (χ4n) is 0.520. The molecule has 0 amide bonds. The number of hydrogen-bond acceptors (Lipinski definition) is 3. The molecule has 0 aliphatic heterocycles. The predicted molar refractivity (Wildman–Crippen MR) is 46.3 cm³/mol. The first-order valence-electron chi connectivity index (χ1n) is 3.28. The Morgan fingerprint density at radius 1 is 1.50 bits per heavy atom. The van der Waals surface area contributed by atoms with Gasteiger partial charge in [0.15, 0.2) is 0 Å². The highest BCUT2D eigenvalue weighted by Gasteiger charge is 1.97. The first kappa shape index (κ1) is 9.59.